The van der Waals surface area contributed by atoms with Crippen LogP contribution >= 0.6 is 0 Å². The fourth-order valence-corrected chi connectivity index (χ4v) is 1.88. The maximum Gasteiger partial charge on any atom is 0.0701 e. The van der Waals surface area contributed by atoms with Gasteiger partial charge in [0.2, 0.25) is 0 Å². The molecule has 1 unspecified atom stereocenters. The van der Waals surface area contributed by atoms with Gasteiger partial charge in [0.05, 0.1) is 39.1 Å². The SMILES string of the molecule is CCNC(COCCOCCOC)c1ccc(C)cc1. The Hall–Kier alpha value is -0.940. The number of ether oxygens (including phenoxy) is 3. The molecule has 20 heavy (non-hydrogen) atoms. The van der Waals surface area contributed by atoms with Crippen molar-refractivity contribution in [2.75, 3.05) is 46.7 Å². The second-order valence-electron chi connectivity index (χ2n) is 4.70. The summed E-state index contributed by atoms with van der Waals surface area (Å²) in [5.41, 5.74) is 2.54. The summed E-state index contributed by atoms with van der Waals surface area (Å²) in [6.45, 7) is 8.25. The van der Waals surface area contributed by atoms with Gasteiger partial charge in [-0.2, -0.15) is 0 Å². The summed E-state index contributed by atoms with van der Waals surface area (Å²) in [4.78, 5) is 0. The number of hydrogen-bond donors (Lipinski definition) is 1. The van der Waals surface area contributed by atoms with E-state index in [0.29, 0.717) is 33.0 Å². The Kier molecular flexibility index (Phi) is 9.24. The smallest absolute Gasteiger partial charge is 0.0701 e. The lowest BCUT2D eigenvalue weighted by molar-refractivity contribution is 0.0194. The van der Waals surface area contributed by atoms with E-state index in [1.54, 1.807) is 7.11 Å². The lowest BCUT2D eigenvalue weighted by Gasteiger charge is -2.18. The maximum atomic E-state index is 5.68. The number of nitrogens with one attached hydrogen (secondary N) is 1. The Bertz CT molecular complexity index is 340. The maximum absolute atomic E-state index is 5.68. The summed E-state index contributed by atoms with van der Waals surface area (Å²) in [6, 6.07) is 8.81. The molecule has 4 heteroatoms. The monoisotopic (exact) mass is 281 g/mol. The van der Waals surface area contributed by atoms with E-state index in [9.17, 15) is 0 Å². The van der Waals surface area contributed by atoms with Crippen molar-refractivity contribution in [1.29, 1.82) is 0 Å². The second-order valence-corrected chi connectivity index (χ2v) is 4.70. The predicted molar refractivity (Wildman–Crippen MR) is 81.1 cm³/mol. The number of likely N-dealkylation sites (N-methyl/N-ethyl adjacent to an activating group) is 1. The molecule has 1 atom stereocenters. The average molecular weight is 281 g/mol. The minimum atomic E-state index is 0.236. The van der Waals surface area contributed by atoms with Gasteiger partial charge in [0.1, 0.15) is 0 Å². The lowest BCUT2D eigenvalue weighted by atomic mass is 10.1. The number of rotatable bonds is 11. The molecule has 0 aliphatic heterocycles. The molecule has 0 saturated carbocycles. The number of methoxy groups -OCH3 is 1. The minimum absolute atomic E-state index is 0.236. The number of aryl methyl sites for hydroxylation is 1. The number of benzene rings is 1. The molecule has 0 aliphatic rings. The molecule has 0 aromatic heterocycles. The van der Waals surface area contributed by atoms with Crippen LogP contribution in [0.4, 0.5) is 0 Å². The second kappa shape index (κ2) is 10.8. The molecule has 0 aliphatic carbocycles. The molecule has 1 aromatic carbocycles. The van der Waals surface area contributed by atoms with Gasteiger partial charge >= 0.3 is 0 Å². The Balaban J connectivity index is 2.27. The molecule has 114 valence electrons. The highest BCUT2D eigenvalue weighted by Gasteiger charge is 2.09. The molecule has 1 N–H and O–H groups in total. The molecule has 0 saturated heterocycles. The highest BCUT2D eigenvalue weighted by Crippen LogP contribution is 2.14. The summed E-state index contributed by atoms with van der Waals surface area (Å²) >= 11 is 0. The van der Waals surface area contributed by atoms with Crippen LogP contribution < -0.4 is 5.32 Å². The molecule has 1 aromatic rings. The molecular formula is C16H27NO3. The fourth-order valence-electron chi connectivity index (χ4n) is 1.88. The molecule has 0 fully saturated rings. The average Bonchev–Trinajstić information content (AvgIpc) is 2.46. The van der Waals surface area contributed by atoms with Gasteiger partial charge in [0, 0.05) is 7.11 Å². The van der Waals surface area contributed by atoms with Gasteiger partial charge in [-0.25, -0.2) is 0 Å². The van der Waals surface area contributed by atoms with Crippen LogP contribution in [-0.4, -0.2) is 46.7 Å². The van der Waals surface area contributed by atoms with E-state index in [-0.39, 0.29) is 6.04 Å². The van der Waals surface area contributed by atoms with Crippen molar-refractivity contribution in [3.8, 4) is 0 Å². The van der Waals surface area contributed by atoms with E-state index in [1.807, 2.05) is 0 Å². The molecular weight excluding hydrogens is 254 g/mol. The van der Waals surface area contributed by atoms with Gasteiger partial charge in [-0.3, -0.25) is 0 Å². The van der Waals surface area contributed by atoms with Crippen LogP contribution in [0.1, 0.15) is 24.1 Å². The zero-order chi connectivity index (χ0) is 14.6. The minimum Gasteiger partial charge on any atom is -0.382 e. The van der Waals surface area contributed by atoms with Gasteiger partial charge in [-0.1, -0.05) is 36.8 Å². The van der Waals surface area contributed by atoms with Crippen LogP contribution in [0.3, 0.4) is 0 Å². The van der Waals surface area contributed by atoms with Crippen LogP contribution in [-0.2, 0) is 14.2 Å². The lowest BCUT2D eigenvalue weighted by Crippen LogP contribution is -2.26. The van der Waals surface area contributed by atoms with Crippen LogP contribution in [0.25, 0.3) is 0 Å². The molecule has 1 rings (SSSR count). The predicted octanol–water partition coefficient (Wildman–Crippen LogP) is 2.33. The first kappa shape index (κ1) is 17.1. The van der Waals surface area contributed by atoms with Crippen molar-refractivity contribution in [3.05, 3.63) is 35.4 Å². The van der Waals surface area contributed by atoms with Crippen molar-refractivity contribution in [1.82, 2.24) is 5.32 Å². The van der Waals surface area contributed by atoms with Crippen LogP contribution in [0.2, 0.25) is 0 Å². The summed E-state index contributed by atoms with van der Waals surface area (Å²) < 4.78 is 16.0. The summed E-state index contributed by atoms with van der Waals surface area (Å²) in [5.74, 6) is 0. The standard InChI is InChI=1S/C16H27NO3/c1-4-17-16(15-7-5-14(2)6-8-15)13-20-12-11-19-10-9-18-3/h5-8,16-17H,4,9-13H2,1-3H3. The van der Waals surface area contributed by atoms with Gasteiger partial charge in [-0.05, 0) is 19.0 Å². The van der Waals surface area contributed by atoms with Crippen molar-refractivity contribution in [2.45, 2.75) is 19.9 Å². The molecule has 0 amide bonds. The van der Waals surface area contributed by atoms with E-state index in [1.165, 1.54) is 11.1 Å². The van der Waals surface area contributed by atoms with E-state index >= 15 is 0 Å². The normalized spacial score (nSPS) is 12.6. The zero-order valence-corrected chi connectivity index (χ0v) is 12.9. The Morgan fingerprint density at radius 1 is 1.00 bits per heavy atom. The summed E-state index contributed by atoms with van der Waals surface area (Å²) in [7, 11) is 1.67. The first-order valence-electron chi connectivity index (χ1n) is 7.22. The van der Waals surface area contributed by atoms with Crippen molar-refractivity contribution < 1.29 is 14.2 Å². The van der Waals surface area contributed by atoms with Gasteiger partial charge < -0.3 is 19.5 Å². The Morgan fingerprint density at radius 3 is 2.30 bits per heavy atom. The third-order valence-electron chi connectivity index (χ3n) is 3.02. The van der Waals surface area contributed by atoms with Crippen molar-refractivity contribution in [2.24, 2.45) is 0 Å². The van der Waals surface area contributed by atoms with E-state index in [0.717, 1.165) is 6.54 Å². The Labute approximate surface area is 122 Å². The summed E-state index contributed by atoms with van der Waals surface area (Å²) in [6.07, 6.45) is 0. The molecule has 0 bridgehead atoms. The topological polar surface area (TPSA) is 39.7 Å². The van der Waals surface area contributed by atoms with E-state index < -0.39 is 0 Å². The van der Waals surface area contributed by atoms with Crippen LogP contribution in [0.5, 0.6) is 0 Å². The largest absolute Gasteiger partial charge is 0.382 e. The zero-order valence-electron chi connectivity index (χ0n) is 12.9. The first-order chi connectivity index (χ1) is 9.77. The summed E-state index contributed by atoms with van der Waals surface area (Å²) in [5, 5.41) is 3.44. The van der Waals surface area contributed by atoms with Crippen molar-refractivity contribution in [3.63, 3.8) is 0 Å². The van der Waals surface area contributed by atoms with Gasteiger partial charge in [0.15, 0.2) is 0 Å². The molecule has 4 nitrogen and oxygen atoms in total. The highest BCUT2D eigenvalue weighted by atomic mass is 16.5. The van der Waals surface area contributed by atoms with E-state index in [2.05, 4.69) is 43.4 Å². The van der Waals surface area contributed by atoms with Crippen LogP contribution in [0, 0.1) is 6.92 Å². The first-order valence-corrected chi connectivity index (χ1v) is 7.22. The molecule has 0 spiro atoms. The fraction of sp³-hybridized carbons (Fsp3) is 0.625. The third-order valence-corrected chi connectivity index (χ3v) is 3.02. The van der Waals surface area contributed by atoms with Crippen molar-refractivity contribution >= 4 is 0 Å². The van der Waals surface area contributed by atoms with E-state index in [4.69, 9.17) is 14.2 Å². The molecule has 0 heterocycles. The molecule has 0 radical (unpaired) electrons. The van der Waals surface area contributed by atoms with Gasteiger partial charge in [0.25, 0.3) is 0 Å². The van der Waals surface area contributed by atoms with Gasteiger partial charge in [-0.15, -0.1) is 0 Å². The Morgan fingerprint density at radius 2 is 1.65 bits per heavy atom. The number of hydrogen-bond acceptors (Lipinski definition) is 4. The highest BCUT2D eigenvalue weighted by molar-refractivity contribution is 5.24. The third kappa shape index (κ3) is 7.01. The van der Waals surface area contributed by atoms with Crippen LogP contribution in [0.15, 0.2) is 24.3 Å². The quantitative estimate of drug-likeness (QED) is 0.632.